The highest BCUT2D eigenvalue weighted by molar-refractivity contribution is 8.14. The molecule has 2 aliphatic rings. The van der Waals surface area contributed by atoms with Crippen molar-refractivity contribution in [3.8, 4) is 0 Å². The highest BCUT2D eigenvalue weighted by atomic mass is 32.2. The van der Waals surface area contributed by atoms with E-state index in [1.165, 1.54) is 10.6 Å². The van der Waals surface area contributed by atoms with Crippen LogP contribution in [0.4, 0.5) is 17.1 Å². The Morgan fingerprint density at radius 3 is 2.77 bits per heavy atom. The summed E-state index contributed by atoms with van der Waals surface area (Å²) < 4.78 is 0. The second-order valence-corrected chi connectivity index (χ2v) is 6.46. The molecule has 4 nitrogen and oxygen atoms in total. The SMILES string of the molecule is S=C(Nc1ccccc1)Nc1ccc2c(c1)N1CCN=C1S2. The van der Waals surface area contributed by atoms with Crippen molar-refractivity contribution >= 4 is 51.3 Å². The molecule has 0 saturated heterocycles. The zero-order valence-corrected chi connectivity index (χ0v) is 13.4. The Morgan fingerprint density at radius 2 is 1.91 bits per heavy atom. The summed E-state index contributed by atoms with van der Waals surface area (Å²) in [6.07, 6.45) is 0. The highest BCUT2D eigenvalue weighted by Crippen LogP contribution is 2.43. The maximum Gasteiger partial charge on any atom is 0.175 e. The van der Waals surface area contributed by atoms with E-state index < -0.39 is 0 Å². The molecule has 22 heavy (non-hydrogen) atoms. The van der Waals surface area contributed by atoms with Crippen molar-refractivity contribution in [1.82, 2.24) is 0 Å². The standard InChI is InChI=1S/C16H14N4S2/c21-15(18-11-4-2-1-3-5-11)19-12-6-7-14-13(10-12)20-9-8-17-16(20)22-14/h1-7,10H,8-9H2,(H2,18,19,21). The van der Waals surface area contributed by atoms with E-state index in [0.29, 0.717) is 5.11 Å². The van der Waals surface area contributed by atoms with Gasteiger partial charge in [-0.2, -0.15) is 0 Å². The number of amidine groups is 1. The molecular weight excluding hydrogens is 312 g/mol. The summed E-state index contributed by atoms with van der Waals surface area (Å²) in [6.45, 7) is 1.85. The number of benzene rings is 2. The van der Waals surface area contributed by atoms with Crippen LogP contribution in [0.3, 0.4) is 0 Å². The van der Waals surface area contributed by atoms with Gasteiger partial charge in [0.1, 0.15) is 0 Å². The maximum absolute atomic E-state index is 5.37. The summed E-state index contributed by atoms with van der Waals surface area (Å²) in [5.41, 5.74) is 3.18. The monoisotopic (exact) mass is 326 g/mol. The number of nitrogens with zero attached hydrogens (tertiary/aromatic N) is 2. The number of rotatable bonds is 2. The molecule has 110 valence electrons. The molecule has 2 aromatic rings. The third-order valence-electron chi connectivity index (χ3n) is 3.54. The minimum absolute atomic E-state index is 0.590. The van der Waals surface area contributed by atoms with Gasteiger partial charge < -0.3 is 15.5 Å². The number of fused-ring (bicyclic) bond motifs is 3. The van der Waals surface area contributed by atoms with E-state index in [1.54, 1.807) is 11.8 Å². The summed E-state index contributed by atoms with van der Waals surface area (Å²) in [7, 11) is 0. The van der Waals surface area contributed by atoms with Crippen LogP contribution in [0.2, 0.25) is 0 Å². The van der Waals surface area contributed by atoms with E-state index in [2.05, 4.69) is 32.7 Å². The number of hydrogen-bond acceptors (Lipinski definition) is 4. The quantitative estimate of drug-likeness (QED) is 0.822. The first-order chi connectivity index (χ1) is 10.8. The third-order valence-corrected chi connectivity index (χ3v) is 4.84. The van der Waals surface area contributed by atoms with Crippen LogP contribution in [0.25, 0.3) is 0 Å². The van der Waals surface area contributed by atoms with Crippen LogP contribution in [0.1, 0.15) is 0 Å². The fourth-order valence-corrected chi connectivity index (χ4v) is 3.84. The van der Waals surface area contributed by atoms with E-state index >= 15 is 0 Å². The molecule has 0 saturated carbocycles. The van der Waals surface area contributed by atoms with Crippen molar-refractivity contribution in [2.45, 2.75) is 4.90 Å². The molecule has 0 unspecified atom stereocenters. The van der Waals surface area contributed by atoms with E-state index in [4.69, 9.17) is 12.2 Å². The van der Waals surface area contributed by atoms with Gasteiger partial charge >= 0.3 is 0 Å². The average Bonchev–Trinajstić information content (AvgIpc) is 3.09. The largest absolute Gasteiger partial charge is 0.332 e. The Labute approximate surface area is 138 Å². The molecule has 2 N–H and O–H groups in total. The molecule has 0 amide bonds. The molecule has 0 spiro atoms. The smallest absolute Gasteiger partial charge is 0.175 e. The predicted molar refractivity (Wildman–Crippen MR) is 98.2 cm³/mol. The van der Waals surface area contributed by atoms with Crippen molar-refractivity contribution in [3.63, 3.8) is 0 Å². The molecule has 6 heteroatoms. The van der Waals surface area contributed by atoms with Gasteiger partial charge in [0.15, 0.2) is 10.3 Å². The molecule has 2 aliphatic heterocycles. The molecular formula is C16H14N4S2. The van der Waals surface area contributed by atoms with E-state index in [0.717, 1.165) is 29.6 Å². The van der Waals surface area contributed by atoms with Crippen LogP contribution < -0.4 is 15.5 Å². The number of nitrogens with one attached hydrogen (secondary N) is 2. The molecule has 0 aromatic heterocycles. The van der Waals surface area contributed by atoms with Crippen molar-refractivity contribution in [2.24, 2.45) is 4.99 Å². The van der Waals surface area contributed by atoms with Gasteiger partial charge in [0.25, 0.3) is 0 Å². The van der Waals surface area contributed by atoms with Crippen LogP contribution in [-0.2, 0) is 0 Å². The number of thiocarbonyl (C=S) groups is 1. The zero-order chi connectivity index (χ0) is 14.9. The Balaban J connectivity index is 1.49. The number of thioether (sulfide) groups is 1. The Hall–Kier alpha value is -2.05. The van der Waals surface area contributed by atoms with Gasteiger partial charge in [-0.25, -0.2) is 0 Å². The Bertz CT molecular complexity index is 758. The topological polar surface area (TPSA) is 39.7 Å². The maximum atomic E-state index is 5.37. The van der Waals surface area contributed by atoms with E-state index in [-0.39, 0.29) is 0 Å². The first-order valence-electron chi connectivity index (χ1n) is 7.06. The second kappa shape index (κ2) is 5.62. The molecule has 2 aromatic carbocycles. The second-order valence-electron chi connectivity index (χ2n) is 5.05. The molecule has 2 heterocycles. The minimum atomic E-state index is 0.590. The molecule has 0 fully saturated rings. The van der Waals surface area contributed by atoms with Gasteiger partial charge in [0, 0.05) is 22.8 Å². The fraction of sp³-hybridized carbons (Fsp3) is 0.125. The predicted octanol–water partition coefficient (Wildman–Crippen LogP) is 3.78. The number of hydrogen-bond donors (Lipinski definition) is 2. The van der Waals surface area contributed by atoms with Crippen LogP contribution >= 0.6 is 24.0 Å². The van der Waals surface area contributed by atoms with Gasteiger partial charge in [-0.3, -0.25) is 4.99 Å². The van der Waals surface area contributed by atoms with Crippen molar-refractivity contribution in [1.29, 1.82) is 0 Å². The lowest BCUT2D eigenvalue weighted by Gasteiger charge is -2.15. The fourth-order valence-electron chi connectivity index (χ4n) is 2.54. The lowest BCUT2D eigenvalue weighted by atomic mass is 10.2. The summed E-state index contributed by atoms with van der Waals surface area (Å²) in [6, 6.07) is 16.2. The normalized spacial score (nSPS) is 15.1. The molecule has 0 atom stereocenters. The van der Waals surface area contributed by atoms with Gasteiger partial charge in [-0.1, -0.05) is 18.2 Å². The van der Waals surface area contributed by atoms with Gasteiger partial charge in [-0.05, 0) is 54.3 Å². The Kier molecular flexibility index (Phi) is 3.48. The van der Waals surface area contributed by atoms with E-state index in [9.17, 15) is 0 Å². The molecule has 0 radical (unpaired) electrons. The summed E-state index contributed by atoms with van der Waals surface area (Å²) in [5.74, 6) is 0. The van der Waals surface area contributed by atoms with Crippen molar-refractivity contribution in [2.75, 3.05) is 28.6 Å². The molecule has 4 rings (SSSR count). The van der Waals surface area contributed by atoms with Gasteiger partial charge in [-0.15, -0.1) is 0 Å². The molecule has 0 bridgehead atoms. The lowest BCUT2D eigenvalue weighted by molar-refractivity contribution is 1.02. The van der Waals surface area contributed by atoms with E-state index in [1.807, 2.05) is 36.4 Å². The summed E-state index contributed by atoms with van der Waals surface area (Å²) in [4.78, 5) is 8.02. The van der Waals surface area contributed by atoms with Crippen LogP contribution in [0, 0.1) is 0 Å². The van der Waals surface area contributed by atoms with Crippen molar-refractivity contribution < 1.29 is 0 Å². The minimum Gasteiger partial charge on any atom is -0.332 e. The highest BCUT2D eigenvalue weighted by Gasteiger charge is 2.29. The Morgan fingerprint density at radius 1 is 1.09 bits per heavy atom. The average molecular weight is 326 g/mol. The van der Waals surface area contributed by atoms with Crippen LogP contribution in [0.15, 0.2) is 58.4 Å². The number of para-hydroxylation sites is 1. The third kappa shape index (κ3) is 2.55. The first kappa shape index (κ1) is 13.6. The van der Waals surface area contributed by atoms with Gasteiger partial charge in [0.2, 0.25) is 0 Å². The molecule has 0 aliphatic carbocycles. The van der Waals surface area contributed by atoms with Crippen molar-refractivity contribution in [3.05, 3.63) is 48.5 Å². The lowest BCUT2D eigenvalue weighted by Crippen LogP contribution is -2.21. The van der Waals surface area contributed by atoms with Crippen LogP contribution in [-0.4, -0.2) is 23.4 Å². The number of aliphatic imine (C=N–C) groups is 1. The van der Waals surface area contributed by atoms with Crippen LogP contribution in [0.5, 0.6) is 0 Å². The summed E-state index contributed by atoms with van der Waals surface area (Å²) in [5, 5.41) is 8.13. The first-order valence-corrected chi connectivity index (χ1v) is 8.29. The van der Waals surface area contributed by atoms with Gasteiger partial charge in [0.05, 0.1) is 12.2 Å². The number of anilines is 3. The summed E-state index contributed by atoms with van der Waals surface area (Å²) >= 11 is 7.11. The zero-order valence-electron chi connectivity index (χ0n) is 11.7.